The molecule has 0 aliphatic rings. The standard InChI is InChI=1S/C11H14N2OS/c1-7-4-8(2)6-9(5-7)10(14)13-11(15)12-3/h4-6H,1-3H3,(H2,12,13,14,15). The average Bonchev–Trinajstić information content (AvgIpc) is 2.16. The molecular formula is C11H14N2OS. The van der Waals surface area contributed by atoms with E-state index in [1.165, 1.54) is 0 Å². The summed E-state index contributed by atoms with van der Waals surface area (Å²) in [5.41, 5.74) is 2.76. The Labute approximate surface area is 94.9 Å². The fourth-order valence-corrected chi connectivity index (χ4v) is 1.44. The van der Waals surface area contributed by atoms with Crippen molar-refractivity contribution in [2.45, 2.75) is 13.8 Å². The Kier molecular flexibility index (Phi) is 3.80. The van der Waals surface area contributed by atoms with Gasteiger partial charge in [-0.3, -0.25) is 10.1 Å². The molecular weight excluding hydrogens is 208 g/mol. The molecule has 0 aliphatic heterocycles. The van der Waals surface area contributed by atoms with Gasteiger partial charge in [0.15, 0.2) is 5.11 Å². The predicted octanol–water partition coefficient (Wildman–Crippen LogP) is 1.54. The van der Waals surface area contributed by atoms with Crippen molar-refractivity contribution < 1.29 is 4.79 Å². The van der Waals surface area contributed by atoms with Crippen molar-refractivity contribution in [1.29, 1.82) is 0 Å². The van der Waals surface area contributed by atoms with Gasteiger partial charge in [0.25, 0.3) is 5.91 Å². The van der Waals surface area contributed by atoms with Crippen LogP contribution in [-0.2, 0) is 0 Å². The topological polar surface area (TPSA) is 41.1 Å². The molecule has 2 N–H and O–H groups in total. The van der Waals surface area contributed by atoms with Crippen LogP contribution in [0.15, 0.2) is 18.2 Å². The van der Waals surface area contributed by atoms with Crippen LogP contribution in [0.4, 0.5) is 0 Å². The zero-order valence-electron chi connectivity index (χ0n) is 9.05. The predicted molar refractivity (Wildman–Crippen MR) is 65.0 cm³/mol. The summed E-state index contributed by atoms with van der Waals surface area (Å²) in [6, 6.07) is 5.69. The highest BCUT2D eigenvalue weighted by Gasteiger charge is 2.07. The van der Waals surface area contributed by atoms with Crippen molar-refractivity contribution in [3.05, 3.63) is 34.9 Å². The minimum atomic E-state index is -0.179. The molecule has 0 heterocycles. The van der Waals surface area contributed by atoms with E-state index in [1.807, 2.05) is 32.0 Å². The molecule has 0 bridgehead atoms. The summed E-state index contributed by atoms with van der Waals surface area (Å²) in [4.78, 5) is 11.7. The van der Waals surface area contributed by atoms with E-state index in [2.05, 4.69) is 10.6 Å². The van der Waals surface area contributed by atoms with Crippen molar-refractivity contribution in [3.63, 3.8) is 0 Å². The van der Waals surface area contributed by atoms with Gasteiger partial charge < -0.3 is 5.32 Å². The van der Waals surface area contributed by atoms with Crippen LogP contribution in [0, 0.1) is 13.8 Å². The number of rotatable bonds is 1. The Hall–Kier alpha value is -1.42. The van der Waals surface area contributed by atoms with Crippen molar-refractivity contribution in [2.75, 3.05) is 7.05 Å². The van der Waals surface area contributed by atoms with E-state index < -0.39 is 0 Å². The van der Waals surface area contributed by atoms with Gasteiger partial charge in [0.2, 0.25) is 0 Å². The SMILES string of the molecule is CNC(=S)NC(=O)c1cc(C)cc(C)c1. The number of carbonyl (C=O) groups is 1. The Bertz CT molecular complexity index is 381. The first-order valence-corrected chi connectivity index (χ1v) is 5.05. The first kappa shape index (κ1) is 11.7. The summed E-state index contributed by atoms with van der Waals surface area (Å²) in [7, 11) is 1.67. The highest BCUT2D eigenvalue weighted by atomic mass is 32.1. The molecule has 3 nitrogen and oxygen atoms in total. The van der Waals surface area contributed by atoms with Crippen molar-refractivity contribution in [1.82, 2.24) is 10.6 Å². The van der Waals surface area contributed by atoms with Crippen molar-refractivity contribution >= 4 is 23.2 Å². The molecule has 0 atom stereocenters. The first-order chi connectivity index (χ1) is 7.02. The first-order valence-electron chi connectivity index (χ1n) is 4.64. The molecule has 1 aromatic carbocycles. The summed E-state index contributed by atoms with van der Waals surface area (Å²) >= 11 is 4.85. The molecule has 15 heavy (non-hydrogen) atoms. The number of carbonyl (C=O) groups excluding carboxylic acids is 1. The second kappa shape index (κ2) is 4.89. The van der Waals surface area contributed by atoms with Crippen LogP contribution in [0.5, 0.6) is 0 Å². The quantitative estimate of drug-likeness (QED) is 0.708. The average molecular weight is 222 g/mol. The van der Waals surface area contributed by atoms with E-state index in [1.54, 1.807) is 7.05 Å². The molecule has 0 fully saturated rings. The van der Waals surface area contributed by atoms with E-state index in [4.69, 9.17) is 12.2 Å². The Balaban J connectivity index is 2.86. The highest BCUT2D eigenvalue weighted by Crippen LogP contribution is 2.08. The third kappa shape index (κ3) is 3.32. The Morgan fingerprint density at radius 1 is 1.20 bits per heavy atom. The van der Waals surface area contributed by atoms with Gasteiger partial charge in [0.1, 0.15) is 0 Å². The third-order valence-corrected chi connectivity index (χ3v) is 2.24. The molecule has 4 heteroatoms. The van der Waals surface area contributed by atoms with Crippen LogP contribution in [0.2, 0.25) is 0 Å². The van der Waals surface area contributed by atoms with Crippen LogP contribution in [-0.4, -0.2) is 18.1 Å². The van der Waals surface area contributed by atoms with Crippen LogP contribution in [0.3, 0.4) is 0 Å². The smallest absolute Gasteiger partial charge is 0.257 e. The zero-order chi connectivity index (χ0) is 11.4. The molecule has 0 saturated carbocycles. The maximum Gasteiger partial charge on any atom is 0.257 e. The van der Waals surface area contributed by atoms with Crippen LogP contribution in [0.1, 0.15) is 21.5 Å². The highest BCUT2D eigenvalue weighted by molar-refractivity contribution is 7.80. The molecule has 0 aromatic heterocycles. The van der Waals surface area contributed by atoms with Gasteiger partial charge in [-0.1, -0.05) is 17.2 Å². The second-order valence-electron chi connectivity index (χ2n) is 3.41. The fourth-order valence-electron chi connectivity index (χ4n) is 1.34. The van der Waals surface area contributed by atoms with Crippen LogP contribution in [0.25, 0.3) is 0 Å². The number of nitrogens with one attached hydrogen (secondary N) is 2. The normalized spacial score (nSPS) is 9.53. The number of benzene rings is 1. The van der Waals surface area contributed by atoms with E-state index in [-0.39, 0.29) is 5.91 Å². The minimum absolute atomic E-state index is 0.179. The minimum Gasteiger partial charge on any atom is -0.365 e. The van der Waals surface area contributed by atoms with Crippen LogP contribution < -0.4 is 10.6 Å². The summed E-state index contributed by atoms with van der Waals surface area (Å²) in [6.45, 7) is 3.92. The van der Waals surface area contributed by atoms with Crippen molar-refractivity contribution in [2.24, 2.45) is 0 Å². The van der Waals surface area contributed by atoms with Gasteiger partial charge in [-0.2, -0.15) is 0 Å². The molecule has 0 spiro atoms. The summed E-state index contributed by atoms with van der Waals surface area (Å²) in [5.74, 6) is -0.179. The fraction of sp³-hybridized carbons (Fsp3) is 0.273. The zero-order valence-corrected chi connectivity index (χ0v) is 9.87. The molecule has 1 rings (SSSR count). The lowest BCUT2D eigenvalue weighted by molar-refractivity contribution is 0.0976. The summed E-state index contributed by atoms with van der Waals surface area (Å²) in [6.07, 6.45) is 0. The maximum atomic E-state index is 11.7. The van der Waals surface area contributed by atoms with Crippen molar-refractivity contribution in [3.8, 4) is 0 Å². The molecule has 0 aliphatic carbocycles. The maximum absolute atomic E-state index is 11.7. The van der Waals surface area contributed by atoms with Gasteiger partial charge in [-0.15, -0.1) is 0 Å². The van der Waals surface area contributed by atoms with Gasteiger partial charge in [-0.25, -0.2) is 0 Å². The number of thiocarbonyl (C=S) groups is 1. The molecule has 1 amide bonds. The lowest BCUT2D eigenvalue weighted by Gasteiger charge is -2.07. The van der Waals surface area contributed by atoms with Gasteiger partial charge in [0, 0.05) is 12.6 Å². The molecule has 0 unspecified atom stereocenters. The number of amides is 1. The van der Waals surface area contributed by atoms with E-state index in [0.717, 1.165) is 11.1 Å². The lowest BCUT2D eigenvalue weighted by atomic mass is 10.1. The second-order valence-corrected chi connectivity index (χ2v) is 3.82. The number of hydrogen-bond donors (Lipinski definition) is 2. The van der Waals surface area contributed by atoms with E-state index in [9.17, 15) is 4.79 Å². The lowest BCUT2D eigenvalue weighted by Crippen LogP contribution is -2.37. The summed E-state index contributed by atoms with van der Waals surface area (Å²) in [5, 5.41) is 5.61. The third-order valence-electron chi connectivity index (χ3n) is 1.94. The molecule has 80 valence electrons. The number of hydrogen-bond acceptors (Lipinski definition) is 2. The number of aryl methyl sites for hydroxylation is 2. The largest absolute Gasteiger partial charge is 0.365 e. The molecule has 0 radical (unpaired) electrons. The summed E-state index contributed by atoms with van der Waals surface area (Å²) < 4.78 is 0. The Morgan fingerprint density at radius 3 is 2.20 bits per heavy atom. The van der Waals surface area contributed by atoms with Gasteiger partial charge >= 0.3 is 0 Å². The molecule has 0 saturated heterocycles. The van der Waals surface area contributed by atoms with Crippen LogP contribution >= 0.6 is 12.2 Å². The van der Waals surface area contributed by atoms with Gasteiger partial charge in [0.05, 0.1) is 0 Å². The van der Waals surface area contributed by atoms with E-state index >= 15 is 0 Å². The monoisotopic (exact) mass is 222 g/mol. The Morgan fingerprint density at radius 2 is 1.73 bits per heavy atom. The molecule has 1 aromatic rings. The van der Waals surface area contributed by atoms with E-state index in [0.29, 0.717) is 10.7 Å². The van der Waals surface area contributed by atoms with Gasteiger partial charge in [-0.05, 0) is 38.2 Å².